The van der Waals surface area contributed by atoms with E-state index in [9.17, 15) is 14.9 Å². The van der Waals surface area contributed by atoms with Gasteiger partial charge in [0.15, 0.2) is 6.61 Å². The number of carbonyl (C=O) groups is 2. The summed E-state index contributed by atoms with van der Waals surface area (Å²) in [7, 11) is 1.64. The third-order valence-electron chi connectivity index (χ3n) is 4.83. The van der Waals surface area contributed by atoms with Crippen LogP contribution in [0.3, 0.4) is 0 Å². The summed E-state index contributed by atoms with van der Waals surface area (Å²) in [6, 6.07) is 3.94. The van der Waals surface area contributed by atoms with Crippen LogP contribution in [-0.2, 0) is 25.6 Å². The Labute approximate surface area is 159 Å². The summed E-state index contributed by atoms with van der Waals surface area (Å²) < 4.78 is 12.2. The van der Waals surface area contributed by atoms with Crippen LogP contribution in [0.2, 0.25) is 0 Å². The number of nitriles is 1. The highest BCUT2D eigenvalue weighted by Crippen LogP contribution is 2.19. The molecule has 1 amide bonds. The van der Waals surface area contributed by atoms with Crippen molar-refractivity contribution in [2.45, 2.75) is 52.1 Å². The average molecular weight is 373 g/mol. The number of esters is 1. The maximum Gasteiger partial charge on any atom is 0.349 e. The minimum absolute atomic E-state index is 0.129. The van der Waals surface area contributed by atoms with E-state index in [1.807, 2.05) is 26.0 Å². The molecule has 7 heteroatoms. The number of aryl methyl sites for hydroxylation is 1. The Morgan fingerprint density at radius 2 is 2.07 bits per heavy atom. The van der Waals surface area contributed by atoms with Crippen LogP contribution in [0.15, 0.2) is 11.6 Å². The Bertz CT molecular complexity index is 752. The third kappa shape index (κ3) is 5.69. The zero-order valence-electron chi connectivity index (χ0n) is 16.2. The van der Waals surface area contributed by atoms with Crippen molar-refractivity contribution in [2.24, 2.45) is 0 Å². The van der Waals surface area contributed by atoms with Gasteiger partial charge in [0.05, 0.1) is 6.61 Å². The predicted octanol–water partition coefficient (Wildman–Crippen LogP) is 2.26. The van der Waals surface area contributed by atoms with E-state index in [-0.39, 0.29) is 24.1 Å². The zero-order chi connectivity index (χ0) is 19.8. The molecule has 146 valence electrons. The lowest BCUT2D eigenvalue weighted by Crippen LogP contribution is -2.36. The van der Waals surface area contributed by atoms with Gasteiger partial charge in [-0.1, -0.05) is 12.8 Å². The van der Waals surface area contributed by atoms with E-state index in [0.29, 0.717) is 13.2 Å². The number of amides is 1. The Kier molecular flexibility index (Phi) is 7.62. The second-order valence-electron chi connectivity index (χ2n) is 6.77. The van der Waals surface area contributed by atoms with E-state index in [1.54, 1.807) is 7.11 Å². The fraction of sp³-hybridized carbons (Fsp3) is 0.550. The lowest BCUT2D eigenvalue weighted by molar-refractivity contribution is -0.144. The highest BCUT2D eigenvalue weighted by molar-refractivity contribution is 5.99. The Morgan fingerprint density at radius 1 is 1.37 bits per heavy atom. The quantitative estimate of drug-likeness (QED) is 0.429. The van der Waals surface area contributed by atoms with E-state index < -0.39 is 5.97 Å². The van der Waals surface area contributed by atoms with Gasteiger partial charge in [0.1, 0.15) is 11.6 Å². The summed E-state index contributed by atoms with van der Waals surface area (Å²) in [6.07, 6.45) is 5.63. The highest BCUT2D eigenvalue weighted by atomic mass is 16.5. The molecule has 0 atom stereocenters. The molecule has 0 aliphatic heterocycles. The van der Waals surface area contributed by atoms with Gasteiger partial charge in [0.25, 0.3) is 5.91 Å². The molecule has 1 saturated carbocycles. The summed E-state index contributed by atoms with van der Waals surface area (Å²) in [6.45, 7) is 4.77. The Balaban J connectivity index is 1.99. The lowest BCUT2D eigenvalue weighted by Gasteiger charge is -2.11. The summed E-state index contributed by atoms with van der Waals surface area (Å²) >= 11 is 0. The molecule has 1 fully saturated rings. The summed E-state index contributed by atoms with van der Waals surface area (Å²) in [5.74, 6) is -1.12. The van der Waals surface area contributed by atoms with Crippen LogP contribution in [-0.4, -0.2) is 42.8 Å². The maximum absolute atomic E-state index is 12.2. The van der Waals surface area contributed by atoms with Crippen LogP contribution in [0.1, 0.15) is 42.6 Å². The van der Waals surface area contributed by atoms with Gasteiger partial charge in [-0.25, -0.2) is 4.79 Å². The molecular formula is C20H27N3O4. The molecule has 0 radical (unpaired) electrons. The smallest absolute Gasteiger partial charge is 0.349 e. The number of nitrogens with one attached hydrogen (secondary N) is 1. The number of carbonyl (C=O) groups excluding carboxylic acids is 2. The lowest BCUT2D eigenvalue weighted by atomic mass is 10.1. The van der Waals surface area contributed by atoms with E-state index in [2.05, 4.69) is 9.88 Å². The Hall–Kier alpha value is -2.59. The van der Waals surface area contributed by atoms with Crippen molar-refractivity contribution in [2.75, 3.05) is 20.3 Å². The number of methoxy groups -OCH3 is 1. The number of hydrogen-bond acceptors (Lipinski definition) is 5. The van der Waals surface area contributed by atoms with E-state index in [4.69, 9.17) is 9.47 Å². The van der Waals surface area contributed by atoms with Gasteiger partial charge in [-0.2, -0.15) is 5.26 Å². The topological polar surface area (TPSA) is 93.3 Å². The molecule has 1 N–H and O–H groups in total. The second-order valence-corrected chi connectivity index (χ2v) is 6.77. The minimum atomic E-state index is -0.791. The molecule has 1 aromatic rings. The Morgan fingerprint density at radius 3 is 2.70 bits per heavy atom. The molecule has 0 saturated heterocycles. The van der Waals surface area contributed by atoms with Gasteiger partial charge in [-0.3, -0.25) is 4.79 Å². The largest absolute Gasteiger partial charge is 0.451 e. The number of hydrogen-bond donors (Lipinski definition) is 1. The van der Waals surface area contributed by atoms with Gasteiger partial charge >= 0.3 is 5.97 Å². The first kappa shape index (κ1) is 20.7. The van der Waals surface area contributed by atoms with E-state index in [1.165, 1.54) is 6.08 Å². The van der Waals surface area contributed by atoms with Gasteiger partial charge in [0, 0.05) is 31.1 Å². The first-order valence-electron chi connectivity index (χ1n) is 9.20. The van der Waals surface area contributed by atoms with Crippen molar-refractivity contribution >= 4 is 18.0 Å². The number of ether oxygens (including phenoxy) is 2. The van der Waals surface area contributed by atoms with Crippen LogP contribution in [0.4, 0.5) is 0 Å². The van der Waals surface area contributed by atoms with Crippen LogP contribution in [0.5, 0.6) is 0 Å². The molecule has 7 nitrogen and oxygen atoms in total. The van der Waals surface area contributed by atoms with E-state index in [0.717, 1.165) is 42.6 Å². The van der Waals surface area contributed by atoms with Crippen molar-refractivity contribution in [1.82, 2.24) is 9.88 Å². The number of rotatable bonds is 8. The standard InChI is InChI=1S/C20H27N3O4/c1-14-10-16(15(2)23(14)8-9-26-3)11-17(12-21)20(25)27-13-19(24)22-18-6-4-5-7-18/h10-11,18H,4-9,13H2,1-3H3,(H,22,24)/b17-11+. The van der Waals surface area contributed by atoms with Crippen molar-refractivity contribution in [3.05, 3.63) is 28.6 Å². The van der Waals surface area contributed by atoms with Gasteiger partial charge in [0.2, 0.25) is 0 Å². The SMILES string of the molecule is COCCn1c(C)cc(/C=C(\C#N)C(=O)OCC(=O)NC2CCCC2)c1C. The molecule has 1 aliphatic carbocycles. The predicted molar refractivity (Wildman–Crippen MR) is 101 cm³/mol. The molecule has 2 rings (SSSR count). The van der Waals surface area contributed by atoms with E-state index >= 15 is 0 Å². The number of nitrogens with zero attached hydrogens (tertiary/aromatic N) is 2. The molecule has 1 aromatic heterocycles. The first-order chi connectivity index (χ1) is 13.0. The third-order valence-corrected chi connectivity index (χ3v) is 4.83. The molecule has 27 heavy (non-hydrogen) atoms. The van der Waals surface area contributed by atoms with Gasteiger partial charge < -0.3 is 19.4 Å². The molecule has 1 aliphatic rings. The van der Waals surface area contributed by atoms with Gasteiger partial charge in [-0.15, -0.1) is 0 Å². The summed E-state index contributed by atoms with van der Waals surface area (Å²) in [5.41, 5.74) is 2.59. The van der Waals surface area contributed by atoms with Crippen LogP contribution >= 0.6 is 0 Å². The summed E-state index contributed by atoms with van der Waals surface area (Å²) in [4.78, 5) is 24.0. The monoisotopic (exact) mass is 373 g/mol. The van der Waals surface area contributed by atoms with Crippen LogP contribution in [0.25, 0.3) is 6.08 Å². The van der Waals surface area contributed by atoms with Gasteiger partial charge in [-0.05, 0) is 44.4 Å². The fourth-order valence-corrected chi connectivity index (χ4v) is 3.34. The fourth-order valence-electron chi connectivity index (χ4n) is 3.34. The number of aromatic nitrogens is 1. The molecule has 0 unspecified atom stereocenters. The van der Waals surface area contributed by atoms with Crippen LogP contribution < -0.4 is 5.32 Å². The minimum Gasteiger partial charge on any atom is -0.451 e. The van der Waals surface area contributed by atoms with Crippen molar-refractivity contribution in [3.8, 4) is 6.07 Å². The zero-order valence-corrected chi connectivity index (χ0v) is 16.2. The molecule has 0 aromatic carbocycles. The summed E-state index contributed by atoms with van der Waals surface area (Å²) in [5, 5.41) is 12.2. The van der Waals surface area contributed by atoms with Crippen molar-refractivity contribution in [3.63, 3.8) is 0 Å². The second kappa shape index (κ2) is 9.93. The first-order valence-corrected chi connectivity index (χ1v) is 9.20. The molecule has 0 spiro atoms. The average Bonchev–Trinajstić information content (AvgIpc) is 3.24. The normalized spacial score (nSPS) is 14.8. The van der Waals surface area contributed by atoms with Crippen LogP contribution in [0, 0.1) is 25.2 Å². The molecule has 1 heterocycles. The van der Waals surface area contributed by atoms with Crippen molar-refractivity contribution in [1.29, 1.82) is 5.26 Å². The molecular weight excluding hydrogens is 346 g/mol. The van der Waals surface area contributed by atoms with Crippen molar-refractivity contribution < 1.29 is 19.1 Å². The maximum atomic E-state index is 12.2. The highest BCUT2D eigenvalue weighted by Gasteiger charge is 2.19. The molecule has 0 bridgehead atoms.